The van der Waals surface area contributed by atoms with Crippen LogP contribution in [0.5, 0.6) is 11.5 Å². The molecule has 0 aromatic heterocycles. The van der Waals surface area contributed by atoms with E-state index in [0.717, 1.165) is 21.5 Å². The van der Waals surface area contributed by atoms with Crippen molar-refractivity contribution < 1.29 is 14.3 Å². The second kappa shape index (κ2) is 5.84. The summed E-state index contributed by atoms with van der Waals surface area (Å²) in [5.74, 6) is 1.91. The summed E-state index contributed by atoms with van der Waals surface area (Å²) in [7, 11) is 0. The highest BCUT2D eigenvalue weighted by Gasteiger charge is 2.16. The largest absolute Gasteiger partial charge is 0.486 e. The van der Waals surface area contributed by atoms with Crippen LogP contribution in [0.25, 0.3) is 0 Å². The molecule has 1 aromatic carbocycles. The fourth-order valence-electron chi connectivity index (χ4n) is 1.51. The first-order valence-corrected chi connectivity index (χ1v) is 7.41. The number of primary amides is 1. The van der Waals surface area contributed by atoms with Gasteiger partial charge in [-0.05, 0) is 24.6 Å². The molecule has 2 rings (SSSR count). The number of carbonyl (C=O) groups is 1. The summed E-state index contributed by atoms with van der Waals surface area (Å²) in [6, 6.07) is 3.85. The number of thioether (sulfide) groups is 1. The first-order chi connectivity index (χ1) is 8.58. The molecule has 4 nitrogen and oxygen atoms in total. The molecule has 6 heteroatoms. The van der Waals surface area contributed by atoms with Gasteiger partial charge in [-0.1, -0.05) is 15.9 Å². The van der Waals surface area contributed by atoms with Crippen molar-refractivity contribution in [1.29, 1.82) is 0 Å². The third kappa shape index (κ3) is 3.11. The molecule has 0 saturated heterocycles. The van der Waals surface area contributed by atoms with Gasteiger partial charge < -0.3 is 15.2 Å². The van der Waals surface area contributed by atoms with Gasteiger partial charge in [-0.2, -0.15) is 0 Å². The van der Waals surface area contributed by atoms with E-state index < -0.39 is 0 Å². The van der Waals surface area contributed by atoms with Gasteiger partial charge in [-0.25, -0.2) is 0 Å². The lowest BCUT2D eigenvalue weighted by Gasteiger charge is -2.20. The molecule has 18 heavy (non-hydrogen) atoms. The molecule has 0 fully saturated rings. The Kier molecular flexibility index (Phi) is 4.40. The molecule has 0 aliphatic carbocycles. The van der Waals surface area contributed by atoms with E-state index in [4.69, 9.17) is 15.2 Å². The zero-order chi connectivity index (χ0) is 13.1. The average Bonchev–Trinajstić information content (AvgIpc) is 2.35. The van der Waals surface area contributed by atoms with E-state index in [9.17, 15) is 4.79 Å². The van der Waals surface area contributed by atoms with Gasteiger partial charge in [0, 0.05) is 10.2 Å². The van der Waals surface area contributed by atoms with E-state index in [-0.39, 0.29) is 11.2 Å². The van der Waals surface area contributed by atoms with Crippen LogP contribution < -0.4 is 15.2 Å². The molecule has 2 N–H and O–H groups in total. The standard InChI is InChI=1S/C12H14BrNO3S/c1-7(12(14)15)18-6-8-4-10-11(5-9(8)13)17-3-2-16-10/h4-5,7H,2-3,6H2,1H3,(H2,14,15)/t7-/m0/s1. The summed E-state index contributed by atoms with van der Waals surface area (Å²) >= 11 is 5.00. The quantitative estimate of drug-likeness (QED) is 0.919. The van der Waals surface area contributed by atoms with E-state index >= 15 is 0 Å². The van der Waals surface area contributed by atoms with Crippen molar-refractivity contribution in [3.05, 3.63) is 22.2 Å². The highest BCUT2D eigenvalue weighted by molar-refractivity contribution is 9.10. The summed E-state index contributed by atoms with van der Waals surface area (Å²) in [6.45, 7) is 2.95. The Balaban J connectivity index is 2.11. The van der Waals surface area contributed by atoms with Gasteiger partial charge in [-0.15, -0.1) is 11.8 Å². The maximum Gasteiger partial charge on any atom is 0.230 e. The maximum absolute atomic E-state index is 11.0. The summed E-state index contributed by atoms with van der Waals surface area (Å²) in [5.41, 5.74) is 6.30. The van der Waals surface area contributed by atoms with Crippen molar-refractivity contribution in [1.82, 2.24) is 0 Å². The van der Waals surface area contributed by atoms with Crippen molar-refractivity contribution >= 4 is 33.6 Å². The summed E-state index contributed by atoms with van der Waals surface area (Å²) in [6.07, 6.45) is 0. The molecule has 0 unspecified atom stereocenters. The van der Waals surface area contributed by atoms with E-state index in [1.54, 1.807) is 6.92 Å². The van der Waals surface area contributed by atoms with Gasteiger partial charge in [0.2, 0.25) is 5.91 Å². The number of fused-ring (bicyclic) bond motifs is 1. The fourth-order valence-corrected chi connectivity index (χ4v) is 2.99. The van der Waals surface area contributed by atoms with E-state index in [1.165, 1.54) is 11.8 Å². The lowest BCUT2D eigenvalue weighted by atomic mass is 10.2. The normalized spacial score (nSPS) is 15.2. The minimum Gasteiger partial charge on any atom is -0.486 e. The molecule has 1 heterocycles. The number of hydrogen-bond donors (Lipinski definition) is 1. The molecular weight excluding hydrogens is 318 g/mol. The topological polar surface area (TPSA) is 61.6 Å². The number of hydrogen-bond acceptors (Lipinski definition) is 4. The van der Waals surface area contributed by atoms with Crippen molar-refractivity contribution in [2.45, 2.75) is 17.9 Å². The zero-order valence-corrected chi connectivity index (χ0v) is 12.3. The van der Waals surface area contributed by atoms with Crippen LogP contribution in [-0.4, -0.2) is 24.4 Å². The van der Waals surface area contributed by atoms with Crippen LogP contribution in [0.1, 0.15) is 12.5 Å². The Morgan fingerprint density at radius 2 is 2.06 bits per heavy atom. The first-order valence-electron chi connectivity index (χ1n) is 5.57. The molecule has 0 radical (unpaired) electrons. The monoisotopic (exact) mass is 331 g/mol. The number of ether oxygens (including phenoxy) is 2. The lowest BCUT2D eigenvalue weighted by Crippen LogP contribution is -2.22. The maximum atomic E-state index is 11.0. The first kappa shape index (κ1) is 13.5. The van der Waals surface area contributed by atoms with Gasteiger partial charge in [-0.3, -0.25) is 4.79 Å². The molecule has 1 atom stereocenters. The minimum absolute atomic E-state index is 0.204. The minimum atomic E-state index is -0.298. The number of nitrogens with two attached hydrogens (primary N) is 1. The molecular formula is C12H14BrNO3S. The molecule has 0 spiro atoms. The third-order valence-electron chi connectivity index (χ3n) is 2.60. The highest BCUT2D eigenvalue weighted by atomic mass is 79.9. The molecule has 1 aliphatic heterocycles. The molecule has 1 aromatic rings. The smallest absolute Gasteiger partial charge is 0.230 e. The van der Waals surface area contributed by atoms with Gasteiger partial charge in [0.1, 0.15) is 13.2 Å². The molecule has 98 valence electrons. The van der Waals surface area contributed by atoms with Gasteiger partial charge in [0.05, 0.1) is 5.25 Å². The van der Waals surface area contributed by atoms with Crippen LogP contribution >= 0.6 is 27.7 Å². The number of benzene rings is 1. The second-order valence-corrected chi connectivity index (χ2v) is 6.13. The molecule has 1 aliphatic rings. The van der Waals surface area contributed by atoms with E-state index in [1.807, 2.05) is 12.1 Å². The Morgan fingerprint density at radius 3 is 2.67 bits per heavy atom. The Bertz CT molecular complexity index is 467. The molecule has 0 bridgehead atoms. The SMILES string of the molecule is C[C@H](SCc1cc2c(cc1Br)OCCO2)C(N)=O. The predicted octanol–water partition coefficient (Wildman–Crippen LogP) is 2.33. The van der Waals surface area contributed by atoms with E-state index in [0.29, 0.717) is 19.0 Å². The Morgan fingerprint density at radius 1 is 1.44 bits per heavy atom. The van der Waals surface area contributed by atoms with Crippen molar-refractivity contribution in [3.63, 3.8) is 0 Å². The van der Waals surface area contributed by atoms with Gasteiger partial charge >= 0.3 is 0 Å². The van der Waals surface area contributed by atoms with Gasteiger partial charge in [0.15, 0.2) is 11.5 Å². The second-order valence-electron chi connectivity index (χ2n) is 3.94. The number of carbonyl (C=O) groups excluding carboxylic acids is 1. The van der Waals surface area contributed by atoms with Crippen LogP contribution in [0.2, 0.25) is 0 Å². The number of rotatable bonds is 4. The summed E-state index contributed by atoms with van der Waals surface area (Å²) < 4.78 is 12.0. The van der Waals surface area contributed by atoms with Crippen molar-refractivity contribution in [2.24, 2.45) is 5.73 Å². The summed E-state index contributed by atoms with van der Waals surface area (Å²) in [4.78, 5) is 11.0. The Hall–Kier alpha value is -0.880. The third-order valence-corrected chi connectivity index (χ3v) is 4.55. The van der Waals surface area contributed by atoms with Crippen LogP contribution in [0.4, 0.5) is 0 Å². The molecule has 1 amide bonds. The highest BCUT2D eigenvalue weighted by Crippen LogP contribution is 2.37. The van der Waals surface area contributed by atoms with Crippen LogP contribution in [0.15, 0.2) is 16.6 Å². The van der Waals surface area contributed by atoms with Gasteiger partial charge in [0.25, 0.3) is 0 Å². The average molecular weight is 332 g/mol. The lowest BCUT2D eigenvalue weighted by molar-refractivity contribution is -0.117. The van der Waals surface area contributed by atoms with Crippen molar-refractivity contribution in [2.75, 3.05) is 13.2 Å². The Labute approximate surface area is 118 Å². The number of halogens is 1. The zero-order valence-electron chi connectivity index (χ0n) is 9.94. The van der Waals surface area contributed by atoms with Crippen molar-refractivity contribution in [3.8, 4) is 11.5 Å². The number of amides is 1. The van der Waals surface area contributed by atoms with E-state index in [2.05, 4.69) is 15.9 Å². The fraction of sp³-hybridized carbons (Fsp3) is 0.417. The van der Waals surface area contributed by atoms with Crippen LogP contribution in [0, 0.1) is 0 Å². The predicted molar refractivity (Wildman–Crippen MR) is 75.1 cm³/mol. The van der Waals surface area contributed by atoms with Crippen LogP contribution in [0.3, 0.4) is 0 Å². The van der Waals surface area contributed by atoms with Crippen LogP contribution in [-0.2, 0) is 10.5 Å². The molecule has 0 saturated carbocycles. The summed E-state index contributed by atoms with van der Waals surface area (Å²) in [5, 5.41) is -0.204.